The number of aryl methyl sites for hydroxylation is 1. The van der Waals surface area contributed by atoms with Gasteiger partial charge >= 0.3 is 0 Å². The lowest BCUT2D eigenvalue weighted by molar-refractivity contribution is -0.123. The number of aromatic hydroxyl groups is 1. The number of hydrazone groups is 1. The molecule has 2 aromatic carbocycles. The summed E-state index contributed by atoms with van der Waals surface area (Å²) in [5.41, 5.74) is 5.87. The maximum atomic E-state index is 12.1. The molecule has 2 N–H and O–H groups in total. The summed E-state index contributed by atoms with van der Waals surface area (Å²) in [6.07, 6.45) is 0.577. The fourth-order valence-corrected chi connectivity index (χ4v) is 2.60. The molecule has 5 nitrogen and oxygen atoms in total. The van der Waals surface area contributed by atoms with E-state index >= 15 is 0 Å². The third-order valence-electron chi connectivity index (χ3n) is 4.02. The van der Waals surface area contributed by atoms with Gasteiger partial charge in [0.05, 0.1) is 5.71 Å². The van der Waals surface area contributed by atoms with Crippen molar-refractivity contribution in [1.29, 1.82) is 0 Å². The molecule has 0 aliphatic heterocycles. The standard InChI is InChI=1S/C21H26N2O3/c1-5-18(17-8-6-7-9-19(17)24)22-23-21(25)13-26-20-12-15(4)10-11-16(20)14(2)3/h6-12,14,24H,5,13H2,1-4H3,(H,23,25)/b22-18-. The van der Waals surface area contributed by atoms with Crippen molar-refractivity contribution >= 4 is 11.6 Å². The molecule has 0 saturated heterocycles. The molecular formula is C21H26N2O3. The van der Waals surface area contributed by atoms with Crippen LogP contribution in [0, 0.1) is 6.92 Å². The summed E-state index contributed by atoms with van der Waals surface area (Å²) >= 11 is 0. The van der Waals surface area contributed by atoms with Crippen molar-refractivity contribution in [2.75, 3.05) is 6.61 Å². The lowest BCUT2D eigenvalue weighted by Gasteiger charge is -2.14. The molecule has 0 atom stereocenters. The first-order valence-corrected chi connectivity index (χ1v) is 8.79. The van der Waals surface area contributed by atoms with Gasteiger partial charge < -0.3 is 9.84 Å². The molecule has 2 aromatic rings. The topological polar surface area (TPSA) is 70.9 Å². The van der Waals surface area contributed by atoms with Crippen molar-refractivity contribution in [3.8, 4) is 11.5 Å². The molecule has 5 heteroatoms. The Hall–Kier alpha value is -2.82. The molecule has 1 amide bonds. The number of nitrogens with zero attached hydrogens (tertiary/aromatic N) is 1. The van der Waals surface area contributed by atoms with E-state index in [0.29, 0.717) is 23.6 Å². The summed E-state index contributed by atoms with van der Waals surface area (Å²) in [7, 11) is 0. The number of para-hydroxylation sites is 1. The Morgan fingerprint density at radius 1 is 1.23 bits per heavy atom. The van der Waals surface area contributed by atoms with Gasteiger partial charge in [-0.05, 0) is 48.6 Å². The molecule has 0 heterocycles. The van der Waals surface area contributed by atoms with Gasteiger partial charge in [-0.15, -0.1) is 0 Å². The van der Waals surface area contributed by atoms with Crippen LogP contribution in [0.3, 0.4) is 0 Å². The quantitative estimate of drug-likeness (QED) is 0.580. The second kappa shape index (κ2) is 9.04. The van der Waals surface area contributed by atoms with E-state index in [1.165, 1.54) is 0 Å². The summed E-state index contributed by atoms with van der Waals surface area (Å²) in [5.74, 6) is 0.817. The van der Waals surface area contributed by atoms with Gasteiger partial charge in [0.1, 0.15) is 11.5 Å². The zero-order valence-electron chi connectivity index (χ0n) is 15.7. The fraction of sp³-hybridized carbons (Fsp3) is 0.333. The highest BCUT2D eigenvalue weighted by molar-refractivity contribution is 6.03. The molecule has 0 unspecified atom stereocenters. The Bertz CT molecular complexity index is 798. The molecule has 138 valence electrons. The van der Waals surface area contributed by atoms with Gasteiger partial charge in [0, 0.05) is 5.56 Å². The van der Waals surface area contributed by atoms with Crippen molar-refractivity contribution in [3.63, 3.8) is 0 Å². The van der Waals surface area contributed by atoms with Gasteiger partial charge in [-0.3, -0.25) is 4.79 Å². The predicted molar refractivity (Wildman–Crippen MR) is 104 cm³/mol. The number of hydrogen-bond donors (Lipinski definition) is 2. The summed E-state index contributed by atoms with van der Waals surface area (Å²) in [6.45, 7) is 7.95. The maximum Gasteiger partial charge on any atom is 0.277 e. The second-order valence-corrected chi connectivity index (χ2v) is 6.45. The van der Waals surface area contributed by atoms with E-state index in [2.05, 4.69) is 24.4 Å². The number of nitrogens with one attached hydrogen (secondary N) is 1. The van der Waals surface area contributed by atoms with Gasteiger partial charge in [-0.25, -0.2) is 5.43 Å². The smallest absolute Gasteiger partial charge is 0.277 e. The van der Waals surface area contributed by atoms with Crippen LogP contribution >= 0.6 is 0 Å². The number of carbonyl (C=O) groups excluding carboxylic acids is 1. The first kappa shape index (κ1) is 19.5. The predicted octanol–water partition coefficient (Wildman–Crippen LogP) is 4.13. The van der Waals surface area contributed by atoms with Crippen molar-refractivity contribution in [3.05, 3.63) is 59.2 Å². The minimum atomic E-state index is -0.345. The average molecular weight is 354 g/mol. The Balaban J connectivity index is 2.03. The zero-order chi connectivity index (χ0) is 19.1. The molecule has 0 radical (unpaired) electrons. The van der Waals surface area contributed by atoms with Crippen LogP contribution in [0.15, 0.2) is 47.6 Å². The Morgan fingerprint density at radius 2 is 1.96 bits per heavy atom. The number of benzene rings is 2. The van der Waals surface area contributed by atoms with Crippen LogP contribution < -0.4 is 10.2 Å². The molecular weight excluding hydrogens is 328 g/mol. The third kappa shape index (κ3) is 5.09. The van der Waals surface area contributed by atoms with E-state index in [1.807, 2.05) is 38.1 Å². The summed E-state index contributed by atoms with van der Waals surface area (Å²) in [6, 6.07) is 12.9. The fourth-order valence-electron chi connectivity index (χ4n) is 2.60. The number of carbonyl (C=O) groups is 1. The van der Waals surface area contributed by atoms with E-state index in [0.717, 1.165) is 16.9 Å². The SMILES string of the molecule is CC/C(=N/NC(=O)COc1cc(C)ccc1C(C)C)c1ccccc1O. The van der Waals surface area contributed by atoms with E-state index in [9.17, 15) is 9.90 Å². The second-order valence-electron chi connectivity index (χ2n) is 6.45. The minimum Gasteiger partial charge on any atom is -0.507 e. The largest absolute Gasteiger partial charge is 0.507 e. The zero-order valence-corrected chi connectivity index (χ0v) is 15.7. The molecule has 0 aliphatic rings. The van der Waals surface area contributed by atoms with Crippen LogP contribution in [0.1, 0.15) is 49.8 Å². The number of hydrogen-bond acceptors (Lipinski definition) is 4. The van der Waals surface area contributed by atoms with Crippen LogP contribution in [0.5, 0.6) is 11.5 Å². The Labute approximate surface area is 154 Å². The Kier molecular flexibility index (Phi) is 6.78. The molecule has 0 bridgehead atoms. The van der Waals surface area contributed by atoms with Gasteiger partial charge in [0.15, 0.2) is 6.61 Å². The molecule has 0 spiro atoms. The molecule has 0 fully saturated rings. The van der Waals surface area contributed by atoms with Gasteiger partial charge in [0.25, 0.3) is 5.91 Å². The van der Waals surface area contributed by atoms with Crippen LogP contribution in [0.4, 0.5) is 0 Å². The van der Waals surface area contributed by atoms with Gasteiger partial charge in [-0.2, -0.15) is 5.10 Å². The minimum absolute atomic E-state index is 0.121. The highest BCUT2D eigenvalue weighted by atomic mass is 16.5. The lowest BCUT2D eigenvalue weighted by atomic mass is 10.0. The van der Waals surface area contributed by atoms with E-state index in [1.54, 1.807) is 18.2 Å². The van der Waals surface area contributed by atoms with Crippen LogP contribution in [-0.4, -0.2) is 23.3 Å². The summed E-state index contributed by atoms with van der Waals surface area (Å²) < 4.78 is 5.71. The molecule has 0 aromatic heterocycles. The highest BCUT2D eigenvalue weighted by Gasteiger charge is 2.11. The maximum absolute atomic E-state index is 12.1. The molecule has 2 rings (SSSR count). The number of ether oxygens (including phenoxy) is 1. The lowest BCUT2D eigenvalue weighted by Crippen LogP contribution is -2.26. The van der Waals surface area contributed by atoms with Crippen molar-refractivity contribution < 1.29 is 14.6 Å². The van der Waals surface area contributed by atoms with Crippen LogP contribution in [-0.2, 0) is 4.79 Å². The summed E-state index contributed by atoms with van der Waals surface area (Å²) in [4.78, 5) is 12.1. The number of phenolic OH excluding ortho intramolecular Hbond substituents is 1. The van der Waals surface area contributed by atoms with Crippen molar-refractivity contribution in [2.45, 2.75) is 40.0 Å². The summed E-state index contributed by atoms with van der Waals surface area (Å²) in [5, 5.41) is 14.1. The van der Waals surface area contributed by atoms with E-state index in [4.69, 9.17) is 4.74 Å². The van der Waals surface area contributed by atoms with E-state index in [-0.39, 0.29) is 18.3 Å². The first-order chi connectivity index (χ1) is 12.4. The first-order valence-electron chi connectivity index (χ1n) is 8.79. The van der Waals surface area contributed by atoms with E-state index < -0.39 is 0 Å². The average Bonchev–Trinajstić information content (AvgIpc) is 2.61. The number of amides is 1. The Morgan fingerprint density at radius 3 is 2.62 bits per heavy atom. The monoisotopic (exact) mass is 354 g/mol. The highest BCUT2D eigenvalue weighted by Crippen LogP contribution is 2.27. The number of rotatable bonds is 7. The molecule has 0 saturated carbocycles. The van der Waals surface area contributed by atoms with Gasteiger partial charge in [0.2, 0.25) is 0 Å². The van der Waals surface area contributed by atoms with Crippen molar-refractivity contribution in [1.82, 2.24) is 5.43 Å². The van der Waals surface area contributed by atoms with Crippen LogP contribution in [0.2, 0.25) is 0 Å². The van der Waals surface area contributed by atoms with Crippen LogP contribution in [0.25, 0.3) is 0 Å². The molecule has 0 aliphatic carbocycles. The van der Waals surface area contributed by atoms with Gasteiger partial charge in [-0.1, -0.05) is 45.0 Å². The van der Waals surface area contributed by atoms with Crippen molar-refractivity contribution in [2.24, 2.45) is 5.10 Å². The number of phenols is 1. The molecule has 26 heavy (non-hydrogen) atoms. The third-order valence-corrected chi connectivity index (χ3v) is 4.02. The normalized spacial score (nSPS) is 11.5.